The molecule has 0 amide bonds. The van der Waals surface area contributed by atoms with Crippen LogP contribution >= 0.6 is 0 Å². The molecule has 0 spiro atoms. The topological polar surface area (TPSA) is 117 Å². The largest absolute Gasteiger partial charge is 0.353 e. The number of rotatable bonds is 8. The second kappa shape index (κ2) is 8.94. The number of nitrogens with one attached hydrogen (secondary N) is 3. The lowest BCUT2D eigenvalue weighted by atomic mass is 10.2. The fourth-order valence-electron chi connectivity index (χ4n) is 3.33. The molecule has 1 saturated heterocycles. The second-order valence-corrected chi connectivity index (χ2v) is 9.11. The molecule has 1 aromatic carbocycles. The molecule has 0 unspecified atom stereocenters. The van der Waals surface area contributed by atoms with Crippen LogP contribution in [0.2, 0.25) is 0 Å². The average Bonchev–Trinajstić information content (AvgIpc) is 3.14. The van der Waals surface area contributed by atoms with Gasteiger partial charge in [0.1, 0.15) is 0 Å². The van der Waals surface area contributed by atoms with Crippen LogP contribution in [-0.2, 0) is 23.6 Å². The minimum Gasteiger partial charge on any atom is -0.353 e. The van der Waals surface area contributed by atoms with Gasteiger partial charge in [-0.15, -0.1) is 0 Å². The number of benzene rings is 1. The third kappa shape index (κ3) is 4.86. The Kier molecular flexibility index (Phi) is 6.11. The van der Waals surface area contributed by atoms with Gasteiger partial charge in [0.25, 0.3) is 0 Å². The number of nitrogens with zero attached hydrogens (tertiary/aromatic N) is 5. The number of fused-ring (bicyclic) bond motifs is 1. The zero-order valence-electron chi connectivity index (χ0n) is 16.9. The van der Waals surface area contributed by atoms with Crippen molar-refractivity contribution in [1.29, 1.82) is 0 Å². The van der Waals surface area contributed by atoms with E-state index in [1.165, 1.54) is 0 Å². The molecule has 4 rings (SSSR count). The van der Waals surface area contributed by atoms with E-state index >= 15 is 0 Å². The van der Waals surface area contributed by atoms with Crippen molar-refractivity contribution in [1.82, 2.24) is 29.6 Å². The van der Waals surface area contributed by atoms with Crippen LogP contribution in [0.1, 0.15) is 5.56 Å². The van der Waals surface area contributed by atoms with Crippen LogP contribution in [0, 0.1) is 0 Å². The summed E-state index contributed by atoms with van der Waals surface area (Å²) in [6.45, 7) is 3.90. The highest BCUT2D eigenvalue weighted by Crippen LogP contribution is 2.24. The zero-order chi connectivity index (χ0) is 21.0. The van der Waals surface area contributed by atoms with Crippen LogP contribution < -0.4 is 20.3 Å². The number of aryl methyl sites for hydroxylation is 1. The molecule has 0 bridgehead atoms. The highest BCUT2D eigenvalue weighted by atomic mass is 32.2. The number of hydrogen-bond donors (Lipinski definition) is 3. The first kappa shape index (κ1) is 20.5. The van der Waals surface area contributed by atoms with Gasteiger partial charge in [-0.25, -0.2) is 18.1 Å². The molecule has 0 radical (unpaired) electrons. The Labute approximate surface area is 175 Å². The molecule has 3 N–H and O–H groups in total. The van der Waals surface area contributed by atoms with Crippen molar-refractivity contribution < 1.29 is 8.42 Å². The lowest BCUT2D eigenvalue weighted by molar-refractivity contribution is 0.581. The summed E-state index contributed by atoms with van der Waals surface area (Å²) in [5.41, 5.74) is 2.38. The molecule has 3 aromatic rings. The van der Waals surface area contributed by atoms with E-state index in [4.69, 9.17) is 0 Å². The van der Waals surface area contributed by atoms with Crippen molar-refractivity contribution in [2.24, 2.45) is 7.05 Å². The Balaban J connectivity index is 1.42. The average molecular weight is 431 g/mol. The van der Waals surface area contributed by atoms with Gasteiger partial charge in [0.15, 0.2) is 17.0 Å². The Bertz CT molecular complexity index is 1090. The van der Waals surface area contributed by atoms with Gasteiger partial charge in [0, 0.05) is 46.3 Å². The van der Waals surface area contributed by atoms with Crippen molar-refractivity contribution >= 4 is 33.0 Å². The summed E-state index contributed by atoms with van der Waals surface area (Å²) in [5, 5.41) is 6.39. The van der Waals surface area contributed by atoms with Crippen LogP contribution in [0.25, 0.3) is 11.2 Å². The van der Waals surface area contributed by atoms with E-state index in [0.717, 1.165) is 43.1 Å². The molecular formula is C19H26N8O2S. The molecule has 2 aromatic heterocycles. The van der Waals surface area contributed by atoms with E-state index in [-0.39, 0.29) is 18.8 Å². The number of piperazine rings is 1. The van der Waals surface area contributed by atoms with E-state index in [2.05, 4.69) is 35.2 Å². The minimum atomic E-state index is -3.42. The van der Waals surface area contributed by atoms with E-state index < -0.39 is 10.0 Å². The summed E-state index contributed by atoms with van der Waals surface area (Å²) in [6.07, 6.45) is 1.72. The predicted molar refractivity (Wildman–Crippen MR) is 117 cm³/mol. The Hall–Kier alpha value is -2.76. The Morgan fingerprint density at radius 3 is 2.67 bits per heavy atom. The van der Waals surface area contributed by atoms with E-state index in [9.17, 15) is 8.42 Å². The first-order chi connectivity index (χ1) is 14.5. The summed E-state index contributed by atoms with van der Waals surface area (Å²) in [6, 6.07) is 9.43. The number of imidazole rings is 1. The lowest BCUT2D eigenvalue weighted by Crippen LogP contribution is -2.44. The third-order valence-corrected chi connectivity index (χ3v) is 6.28. The predicted octanol–water partition coefficient (Wildman–Crippen LogP) is 0.304. The summed E-state index contributed by atoms with van der Waals surface area (Å²) in [5.74, 6) is 1.10. The number of sulfonamides is 1. The number of hydrogen-bond acceptors (Lipinski definition) is 8. The quantitative estimate of drug-likeness (QED) is 0.467. The maximum atomic E-state index is 12.3. The number of aromatic nitrogens is 4. The highest BCUT2D eigenvalue weighted by Gasteiger charge is 2.19. The third-order valence-electron chi connectivity index (χ3n) is 4.95. The molecule has 1 aliphatic heterocycles. The molecule has 1 fully saturated rings. The van der Waals surface area contributed by atoms with Gasteiger partial charge in [0.2, 0.25) is 16.0 Å². The fourth-order valence-corrected chi connectivity index (χ4v) is 4.23. The molecule has 1 aliphatic rings. The maximum absolute atomic E-state index is 12.3. The molecule has 10 nitrogen and oxygen atoms in total. The molecule has 11 heteroatoms. The van der Waals surface area contributed by atoms with Crippen LogP contribution in [0.15, 0.2) is 36.7 Å². The van der Waals surface area contributed by atoms with Gasteiger partial charge in [0.05, 0.1) is 12.1 Å². The van der Waals surface area contributed by atoms with Crippen LogP contribution in [0.5, 0.6) is 0 Å². The molecule has 3 heterocycles. The minimum absolute atomic E-state index is 0.0738. The van der Waals surface area contributed by atoms with E-state index in [1.54, 1.807) is 6.33 Å². The van der Waals surface area contributed by atoms with Gasteiger partial charge in [-0.3, -0.25) is 0 Å². The normalized spacial score (nSPS) is 14.9. The Morgan fingerprint density at radius 1 is 1.13 bits per heavy atom. The van der Waals surface area contributed by atoms with E-state index in [0.29, 0.717) is 11.6 Å². The first-order valence-corrected chi connectivity index (χ1v) is 11.6. The van der Waals surface area contributed by atoms with E-state index in [1.807, 2.05) is 41.9 Å². The van der Waals surface area contributed by atoms with Crippen molar-refractivity contribution in [3.63, 3.8) is 0 Å². The van der Waals surface area contributed by atoms with Crippen LogP contribution in [0.3, 0.4) is 0 Å². The zero-order valence-corrected chi connectivity index (χ0v) is 17.7. The first-order valence-electron chi connectivity index (χ1n) is 9.92. The van der Waals surface area contributed by atoms with Crippen molar-refractivity contribution in [3.05, 3.63) is 42.2 Å². The fraction of sp³-hybridized carbons (Fsp3) is 0.421. The smallest absolute Gasteiger partial charge is 0.226 e. The van der Waals surface area contributed by atoms with Gasteiger partial charge in [-0.1, -0.05) is 30.3 Å². The molecular weight excluding hydrogens is 404 g/mol. The van der Waals surface area contributed by atoms with Crippen molar-refractivity contribution in [2.45, 2.75) is 6.54 Å². The van der Waals surface area contributed by atoms with Gasteiger partial charge in [-0.05, 0) is 5.56 Å². The second-order valence-electron chi connectivity index (χ2n) is 7.19. The lowest BCUT2D eigenvalue weighted by Gasteiger charge is -2.28. The van der Waals surface area contributed by atoms with Crippen molar-refractivity contribution in [3.8, 4) is 0 Å². The molecule has 160 valence electrons. The van der Waals surface area contributed by atoms with Crippen molar-refractivity contribution in [2.75, 3.05) is 48.7 Å². The van der Waals surface area contributed by atoms with Crippen LogP contribution in [0.4, 0.5) is 11.8 Å². The summed E-state index contributed by atoms with van der Waals surface area (Å²) in [4.78, 5) is 15.8. The Morgan fingerprint density at radius 2 is 1.90 bits per heavy atom. The monoisotopic (exact) mass is 430 g/mol. The summed E-state index contributed by atoms with van der Waals surface area (Å²) >= 11 is 0. The van der Waals surface area contributed by atoms with Gasteiger partial charge >= 0.3 is 0 Å². The van der Waals surface area contributed by atoms with Gasteiger partial charge in [-0.2, -0.15) is 9.97 Å². The standard InChI is InChI=1S/C19H26N8O2S/c1-26-14-22-16-17(26)24-19(25-18(16)27-10-7-20-8-11-27)21-9-12-30(28,29)23-13-15-5-3-2-4-6-15/h2-6,14,20,23H,7-13H2,1H3,(H,21,24,25). The summed E-state index contributed by atoms with van der Waals surface area (Å²) < 4.78 is 29.1. The molecule has 0 atom stereocenters. The maximum Gasteiger partial charge on any atom is 0.226 e. The highest BCUT2D eigenvalue weighted by molar-refractivity contribution is 7.89. The van der Waals surface area contributed by atoms with Gasteiger partial charge < -0.3 is 20.1 Å². The molecule has 0 saturated carbocycles. The van der Waals surface area contributed by atoms with Crippen LogP contribution in [-0.4, -0.2) is 66.4 Å². The molecule has 0 aliphatic carbocycles. The summed E-state index contributed by atoms with van der Waals surface area (Å²) in [7, 11) is -1.54. The number of anilines is 2. The molecule has 30 heavy (non-hydrogen) atoms. The SMILES string of the molecule is Cn1cnc2c(N3CCNCC3)nc(NCCS(=O)(=O)NCc3ccccc3)nc21.